The summed E-state index contributed by atoms with van der Waals surface area (Å²) in [6.07, 6.45) is 5.24. The number of carbonyl (C=O) groups excluding carboxylic acids is 1. The van der Waals surface area contributed by atoms with E-state index in [-0.39, 0.29) is 5.91 Å². The Morgan fingerprint density at radius 2 is 2.44 bits per heavy atom. The number of hydrogen-bond donors (Lipinski definition) is 1. The molecule has 94 valence electrons. The molecule has 0 aliphatic heterocycles. The van der Waals surface area contributed by atoms with Crippen LogP contribution in [0.1, 0.15) is 17.2 Å². The normalized spacial score (nSPS) is 10.9. The molecule has 1 N–H and O–H groups in total. The number of amides is 1. The molecule has 18 heavy (non-hydrogen) atoms. The van der Waals surface area contributed by atoms with Crippen LogP contribution in [0, 0.1) is 6.92 Å². The number of carbonyl (C=O) groups is 1. The van der Waals surface area contributed by atoms with Gasteiger partial charge in [0.25, 0.3) is 0 Å². The molecule has 0 aromatic carbocycles. The highest BCUT2D eigenvalue weighted by molar-refractivity contribution is 5.91. The molecule has 2 aromatic rings. The van der Waals surface area contributed by atoms with Gasteiger partial charge in [-0.05, 0) is 25.1 Å². The maximum Gasteiger partial charge on any atom is 0.244 e. The van der Waals surface area contributed by atoms with Crippen LogP contribution >= 0.6 is 0 Å². The van der Waals surface area contributed by atoms with Crippen molar-refractivity contribution in [2.45, 2.75) is 13.3 Å². The predicted octanol–water partition coefficient (Wildman–Crippen LogP) is 1.95. The fourth-order valence-electron chi connectivity index (χ4n) is 1.45. The minimum absolute atomic E-state index is 0.164. The summed E-state index contributed by atoms with van der Waals surface area (Å²) in [5, 5.41) is 6.52. The first-order chi connectivity index (χ1) is 8.74. The second-order valence-corrected chi connectivity index (χ2v) is 3.82. The number of aryl methyl sites for hydroxylation is 1. The Balaban J connectivity index is 1.72. The molecular formula is C13H14N2O3. The van der Waals surface area contributed by atoms with E-state index in [1.54, 1.807) is 24.5 Å². The molecule has 0 atom stereocenters. The number of furan rings is 1. The molecule has 0 saturated carbocycles. The van der Waals surface area contributed by atoms with Crippen LogP contribution < -0.4 is 5.32 Å². The minimum atomic E-state index is -0.164. The lowest BCUT2D eigenvalue weighted by Crippen LogP contribution is -2.23. The zero-order valence-corrected chi connectivity index (χ0v) is 10.1. The number of hydrogen-bond acceptors (Lipinski definition) is 4. The maximum atomic E-state index is 11.4. The first-order valence-electron chi connectivity index (χ1n) is 5.65. The summed E-state index contributed by atoms with van der Waals surface area (Å²) in [5.41, 5.74) is 0.842. The molecule has 0 bridgehead atoms. The van der Waals surface area contributed by atoms with E-state index >= 15 is 0 Å². The van der Waals surface area contributed by atoms with Gasteiger partial charge in [0, 0.05) is 25.1 Å². The second-order valence-electron chi connectivity index (χ2n) is 3.82. The van der Waals surface area contributed by atoms with Gasteiger partial charge in [-0.2, -0.15) is 0 Å². The van der Waals surface area contributed by atoms with E-state index < -0.39 is 0 Å². The van der Waals surface area contributed by atoms with Gasteiger partial charge in [0.15, 0.2) is 0 Å². The second kappa shape index (κ2) is 5.86. The van der Waals surface area contributed by atoms with Crippen LogP contribution in [0.5, 0.6) is 0 Å². The highest BCUT2D eigenvalue weighted by Crippen LogP contribution is 2.03. The van der Waals surface area contributed by atoms with Crippen LogP contribution in [0.25, 0.3) is 6.08 Å². The zero-order chi connectivity index (χ0) is 12.8. The van der Waals surface area contributed by atoms with E-state index in [0.717, 1.165) is 11.5 Å². The van der Waals surface area contributed by atoms with Crippen molar-refractivity contribution in [2.24, 2.45) is 0 Å². The van der Waals surface area contributed by atoms with Gasteiger partial charge >= 0.3 is 0 Å². The van der Waals surface area contributed by atoms with Gasteiger partial charge in [-0.25, -0.2) is 0 Å². The summed E-state index contributed by atoms with van der Waals surface area (Å²) >= 11 is 0. The van der Waals surface area contributed by atoms with E-state index in [9.17, 15) is 4.79 Å². The quantitative estimate of drug-likeness (QED) is 0.819. The molecule has 0 unspecified atom stereocenters. The van der Waals surface area contributed by atoms with Crippen molar-refractivity contribution < 1.29 is 13.7 Å². The summed E-state index contributed by atoms with van der Waals surface area (Å²) in [5.74, 6) is 1.25. The number of nitrogens with zero attached hydrogens (tertiary/aromatic N) is 1. The third-order valence-electron chi connectivity index (χ3n) is 2.29. The fraction of sp³-hybridized carbons (Fsp3) is 0.231. The third-order valence-corrected chi connectivity index (χ3v) is 2.29. The summed E-state index contributed by atoms with van der Waals surface area (Å²) in [6.45, 7) is 2.37. The highest BCUT2D eigenvalue weighted by atomic mass is 16.5. The molecule has 0 radical (unpaired) electrons. The Labute approximate surface area is 104 Å². The van der Waals surface area contributed by atoms with E-state index in [4.69, 9.17) is 8.94 Å². The molecule has 2 aromatic heterocycles. The monoisotopic (exact) mass is 246 g/mol. The maximum absolute atomic E-state index is 11.4. The molecule has 5 heteroatoms. The average molecular weight is 246 g/mol. The summed E-state index contributed by atoms with van der Waals surface area (Å²) in [6, 6.07) is 5.40. The van der Waals surface area contributed by atoms with Crippen molar-refractivity contribution in [1.82, 2.24) is 10.5 Å². The van der Waals surface area contributed by atoms with E-state index in [2.05, 4.69) is 10.5 Å². The topological polar surface area (TPSA) is 68.3 Å². The van der Waals surface area contributed by atoms with Crippen LogP contribution in [-0.2, 0) is 11.2 Å². The van der Waals surface area contributed by atoms with Crippen molar-refractivity contribution in [1.29, 1.82) is 0 Å². The smallest absolute Gasteiger partial charge is 0.244 e. The molecule has 0 saturated heterocycles. The SMILES string of the molecule is Cc1cc(CCNC(=O)/C=C/c2ccco2)on1. The zero-order valence-electron chi connectivity index (χ0n) is 10.1. The predicted molar refractivity (Wildman–Crippen MR) is 65.7 cm³/mol. The highest BCUT2D eigenvalue weighted by Gasteiger charge is 2.01. The lowest BCUT2D eigenvalue weighted by molar-refractivity contribution is -0.116. The summed E-state index contributed by atoms with van der Waals surface area (Å²) in [4.78, 5) is 11.4. The van der Waals surface area contributed by atoms with Gasteiger partial charge in [-0.3, -0.25) is 4.79 Å². The number of nitrogens with one attached hydrogen (secondary N) is 1. The molecular weight excluding hydrogens is 232 g/mol. The van der Waals surface area contributed by atoms with E-state index in [1.165, 1.54) is 6.08 Å². The van der Waals surface area contributed by atoms with Crippen molar-refractivity contribution in [3.05, 3.63) is 47.8 Å². The Morgan fingerprint density at radius 3 is 3.11 bits per heavy atom. The first-order valence-corrected chi connectivity index (χ1v) is 5.65. The van der Waals surface area contributed by atoms with Gasteiger partial charge in [-0.15, -0.1) is 0 Å². The lowest BCUT2D eigenvalue weighted by atomic mass is 10.3. The van der Waals surface area contributed by atoms with Gasteiger partial charge in [0.2, 0.25) is 5.91 Å². The van der Waals surface area contributed by atoms with Crippen LogP contribution in [0.15, 0.2) is 39.5 Å². The van der Waals surface area contributed by atoms with Crippen molar-refractivity contribution in [3.8, 4) is 0 Å². The minimum Gasteiger partial charge on any atom is -0.465 e. The molecule has 2 rings (SSSR count). The van der Waals surface area contributed by atoms with Gasteiger partial charge in [0.1, 0.15) is 11.5 Å². The van der Waals surface area contributed by atoms with Gasteiger partial charge in [0.05, 0.1) is 12.0 Å². The van der Waals surface area contributed by atoms with Crippen LogP contribution in [0.3, 0.4) is 0 Å². The van der Waals surface area contributed by atoms with E-state index in [1.807, 2.05) is 13.0 Å². The van der Waals surface area contributed by atoms with Crippen molar-refractivity contribution in [2.75, 3.05) is 6.54 Å². The Morgan fingerprint density at radius 1 is 1.56 bits per heavy atom. The Kier molecular flexibility index (Phi) is 3.96. The van der Waals surface area contributed by atoms with E-state index in [0.29, 0.717) is 18.7 Å². The summed E-state index contributed by atoms with van der Waals surface area (Å²) < 4.78 is 10.1. The largest absolute Gasteiger partial charge is 0.465 e. The third kappa shape index (κ3) is 3.62. The standard InChI is InChI=1S/C13H14N2O3/c1-10-9-12(18-15-10)6-7-14-13(16)5-4-11-3-2-8-17-11/h2-5,8-9H,6-7H2,1H3,(H,14,16)/b5-4+. The number of rotatable bonds is 5. The summed E-state index contributed by atoms with van der Waals surface area (Å²) in [7, 11) is 0. The fourth-order valence-corrected chi connectivity index (χ4v) is 1.45. The Bertz CT molecular complexity index is 526. The van der Waals surface area contributed by atoms with Crippen LogP contribution in [-0.4, -0.2) is 17.6 Å². The van der Waals surface area contributed by atoms with Crippen molar-refractivity contribution >= 4 is 12.0 Å². The van der Waals surface area contributed by atoms with Gasteiger partial charge in [-0.1, -0.05) is 5.16 Å². The van der Waals surface area contributed by atoms with Crippen LogP contribution in [0.2, 0.25) is 0 Å². The van der Waals surface area contributed by atoms with Gasteiger partial charge < -0.3 is 14.3 Å². The van der Waals surface area contributed by atoms with Crippen molar-refractivity contribution in [3.63, 3.8) is 0 Å². The first kappa shape index (κ1) is 12.2. The lowest BCUT2D eigenvalue weighted by Gasteiger charge is -1.98. The molecule has 0 aliphatic rings. The molecule has 0 aliphatic carbocycles. The molecule has 2 heterocycles. The molecule has 5 nitrogen and oxygen atoms in total. The molecule has 1 amide bonds. The molecule has 0 spiro atoms. The Hall–Kier alpha value is -2.30. The van der Waals surface area contributed by atoms with Crippen LogP contribution in [0.4, 0.5) is 0 Å². The molecule has 0 fully saturated rings. The average Bonchev–Trinajstić information content (AvgIpc) is 2.98. The number of aromatic nitrogens is 1.